The van der Waals surface area contributed by atoms with Crippen LogP contribution in [0.5, 0.6) is 0 Å². The average molecular weight is 164 g/mol. The fourth-order valence-corrected chi connectivity index (χ4v) is 2.04. The number of allylic oxidation sites excluding steroid dienone is 4. The third-order valence-electron chi connectivity index (χ3n) is 1.74. The third kappa shape index (κ3) is 1.66. The van der Waals surface area contributed by atoms with Crippen LogP contribution in [-0.2, 0) is 0 Å². The molecule has 0 aromatic heterocycles. The minimum Gasteiger partial charge on any atom is -0.0987 e. The summed E-state index contributed by atoms with van der Waals surface area (Å²) in [5.41, 5.74) is 1.28. The van der Waals surface area contributed by atoms with Crippen LogP contribution in [0.1, 0.15) is 6.92 Å². The highest BCUT2D eigenvalue weighted by atomic mass is 32.2. The Hall–Kier alpha value is -0.690. The van der Waals surface area contributed by atoms with Crippen LogP contribution < -0.4 is 0 Å². The topological polar surface area (TPSA) is 0 Å². The van der Waals surface area contributed by atoms with Crippen LogP contribution in [0.3, 0.4) is 0 Å². The molecular formula is C10H12S. The van der Waals surface area contributed by atoms with Gasteiger partial charge in [-0.25, -0.2) is 0 Å². The minimum absolute atomic E-state index is 0.488. The number of rotatable bonds is 2. The summed E-state index contributed by atoms with van der Waals surface area (Å²) in [7, 11) is 0. The van der Waals surface area contributed by atoms with E-state index in [1.807, 2.05) is 12.2 Å². The van der Waals surface area contributed by atoms with E-state index in [0.717, 1.165) is 0 Å². The van der Waals surface area contributed by atoms with Crippen molar-refractivity contribution in [3.8, 4) is 0 Å². The largest absolute Gasteiger partial charge is 0.0987 e. The molecule has 0 nitrogen and oxygen atoms in total. The fraction of sp³-hybridized carbons (Fsp3) is 0.200. The highest BCUT2D eigenvalue weighted by Gasteiger charge is 2.10. The van der Waals surface area contributed by atoms with Crippen LogP contribution >= 0.6 is 11.8 Å². The first-order valence-electron chi connectivity index (χ1n) is 3.62. The van der Waals surface area contributed by atoms with Crippen LogP contribution in [0.15, 0.2) is 47.3 Å². The van der Waals surface area contributed by atoms with Gasteiger partial charge >= 0.3 is 0 Å². The second-order valence-corrected chi connectivity index (χ2v) is 3.41. The maximum Gasteiger partial charge on any atom is 0.0148 e. The van der Waals surface area contributed by atoms with Gasteiger partial charge in [0.25, 0.3) is 0 Å². The van der Waals surface area contributed by atoms with E-state index in [-0.39, 0.29) is 0 Å². The zero-order valence-electron chi connectivity index (χ0n) is 6.71. The normalized spacial score (nSPS) is 23.5. The summed E-state index contributed by atoms with van der Waals surface area (Å²) in [5.74, 6) is 0.488. The predicted octanol–water partition coefficient (Wildman–Crippen LogP) is 3.51. The zero-order chi connectivity index (χ0) is 8.27. The van der Waals surface area contributed by atoms with E-state index >= 15 is 0 Å². The van der Waals surface area contributed by atoms with Crippen molar-refractivity contribution in [2.24, 2.45) is 5.92 Å². The molecule has 0 saturated carbocycles. The van der Waals surface area contributed by atoms with Crippen molar-refractivity contribution in [2.75, 3.05) is 0 Å². The summed E-state index contributed by atoms with van der Waals surface area (Å²) in [6, 6.07) is 0. The van der Waals surface area contributed by atoms with E-state index in [0.29, 0.717) is 5.92 Å². The monoisotopic (exact) mass is 164 g/mol. The van der Waals surface area contributed by atoms with E-state index < -0.39 is 0 Å². The van der Waals surface area contributed by atoms with Gasteiger partial charge in [0, 0.05) is 10.8 Å². The quantitative estimate of drug-likeness (QED) is 0.602. The van der Waals surface area contributed by atoms with Gasteiger partial charge in [-0.3, -0.25) is 0 Å². The van der Waals surface area contributed by atoms with Crippen LogP contribution in [0.2, 0.25) is 0 Å². The summed E-state index contributed by atoms with van der Waals surface area (Å²) < 4.78 is 0. The first-order chi connectivity index (χ1) is 5.29. The molecule has 58 valence electrons. The number of hydrogen-bond donors (Lipinski definition) is 0. The molecule has 11 heavy (non-hydrogen) atoms. The second-order valence-electron chi connectivity index (χ2n) is 2.46. The molecule has 0 saturated heterocycles. The number of thioether (sulfide) groups is 1. The van der Waals surface area contributed by atoms with E-state index in [1.54, 1.807) is 11.8 Å². The van der Waals surface area contributed by atoms with Gasteiger partial charge in [0.15, 0.2) is 0 Å². The van der Waals surface area contributed by atoms with Crippen molar-refractivity contribution in [3.63, 3.8) is 0 Å². The van der Waals surface area contributed by atoms with Gasteiger partial charge in [-0.05, 0) is 11.0 Å². The highest BCUT2D eigenvalue weighted by Crippen LogP contribution is 2.32. The molecule has 1 rings (SSSR count). The molecule has 0 N–H and O–H groups in total. The molecule has 0 aliphatic carbocycles. The van der Waals surface area contributed by atoms with Crippen LogP contribution in [0.25, 0.3) is 0 Å². The van der Waals surface area contributed by atoms with Crippen molar-refractivity contribution < 1.29 is 0 Å². The Morgan fingerprint density at radius 2 is 2.18 bits per heavy atom. The van der Waals surface area contributed by atoms with Crippen LogP contribution in [0, 0.1) is 5.92 Å². The molecule has 0 radical (unpaired) electrons. The summed E-state index contributed by atoms with van der Waals surface area (Å²) in [5, 5.41) is 2.11. The second kappa shape index (κ2) is 3.63. The fourth-order valence-electron chi connectivity index (χ4n) is 1.08. The number of hydrogen-bond acceptors (Lipinski definition) is 1. The Labute approximate surface area is 72.4 Å². The van der Waals surface area contributed by atoms with Crippen molar-refractivity contribution in [2.45, 2.75) is 6.92 Å². The lowest BCUT2D eigenvalue weighted by molar-refractivity contribution is 0.889. The molecular weight excluding hydrogens is 152 g/mol. The maximum absolute atomic E-state index is 3.78. The van der Waals surface area contributed by atoms with E-state index in [9.17, 15) is 0 Å². The minimum atomic E-state index is 0.488. The summed E-state index contributed by atoms with van der Waals surface area (Å²) >= 11 is 1.71. The average Bonchev–Trinajstić information content (AvgIpc) is 2.04. The molecule has 0 aromatic carbocycles. The van der Waals surface area contributed by atoms with Gasteiger partial charge in [-0.15, -0.1) is 0 Å². The maximum atomic E-state index is 3.78. The SMILES string of the molecule is C=CC1=C(C=C)C(C)C=CS1. The van der Waals surface area contributed by atoms with Crippen molar-refractivity contribution in [1.29, 1.82) is 0 Å². The lowest BCUT2D eigenvalue weighted by Gasteiger charge is -2.15. The van der Waals surface area contributed by atoms with Gasteiger partial charge in [0.2, 0.25) is 0 Å². The van der Waals surface area contributed by atoms with Gasteiger partial charge in [-0.2, -0.15) is 0 Å². The van der Waals surface area contributed by atoms with Crippen molar-refractivity contribution in [3.05, 3.63) is 47.3 Å². The first kappa shape index (κ1) is 8.41. The molecule has 1 unspecified atom stereocenters. The molecule has 1 atom stereocenters. The van der Waals surface area contributed by atoms with Crippen LogP contribution in [-0.4, -0.2) is 0 Å². The highest BCUT2D eigenvalue weighted by molar-refractivity contribution is 8.06. The zero-order valence-corrected chi connectivity index (χ0v) is 7.53. The third-order valence-corrected chi connectivity index (χ3v) is 2.69. The standard InChI is InChI=1S/C10H12S/c1-4-9-8(3)6-7-11-10(9)5-2/h4-8H,1-2H2,3H3. The van der Waals surface area contributed by atoms with Gasteiger partial charge in [0.1, 0.15) is 0 Å². The van der Waals surface area contributed by atoms with Crippen molar-refractivity contribution >= 4 is 11.8 Å². The lowest BCUT2D eigenvalue weighted by Crippen LogP contribution is -1.97. The van der Waals surface area contributed by atoms with Crippen molar-refractivity contribution in [1.82, 2.24) is 0 Å². The Morgan fingerprint density at radius 1 is 1.45 bits per heavy atom. The molecule has 1 heterocycles. The van der Waals surface area contributed by atoms with Gasteiger partial charge in [0.05, 0.1) is 0 Å². The summed E-state index contributed by atoms with van der Waals surface area (Å²) in [6.07, 6.45) is 5.98. The van der Waals surface area contributed by atoms with Gasteiger partial charge < -0.3 is 0 Å². The Morgan fingerprint density at radius 3 is 2.64 bits per heavy atom. The molecule has 1 aliphatic rings. The first-order valence-corrected chi connectivity index (χ1v) is 4.50. The molecule has 0 bridgehead atoms. The van der Waals surface area contributed by atoms with E-state index in [2.05, 4.69) is 31.6 Å². The summed E-state index contributed by atoms with van der Waals surface area (Å²) in [6.45, 7) is 9.70. The molecule has 0 amide bonds. The predicted molar refractivity (Wildman–Crippen MR) is 53.3 cm³/mol. The molecule has 0 spiro atoms. The Bertz CT molecular complexity index is 233. The van der Waals surface area contributed by atoms with Gasteiger partial charge in [-0.1, -0.05) is 50.1 Å². The Balaban J connectivity index is 2.98. The molecule has 1 aliphatic heterocycles. The lowest BCUT2D eigenvalue weighted by atomic mass is 10.0. The molecule has 0 aromatic rings. The summed E-state index contributed by atoms with van der Waals surface area (Å²) in [4.78, 5) is 1.23. The van der Waals surface area contributed by atoms with E-state index in [4.69, 9.17) is 0 Å². The molecule has 0 fully saturated rings. The molecule has 1 heteroatoms. The van der Waals surface area contributed by atoms with E-state index in [1.165, 1.54) is 10.5 Å². The Kier molecular flexibility index (Phi) is 2.77. The van der Waals surface area contributed by atoms with Crippen LogP contribution in [0.4, 0.5) is 0 Å². The smallest absolute Gasteiger partial charge is 0.0148 e.